The molecule has 0 radical (unpaired) electrons. The number of carbonyl (C=O) groups is 1. The molecule has 1 amide bonds. The fourth-order valence-electron chi connectivity index (χ4n) is 5.61. The van der Waals surface area contributed by atoms with Crippen molar-refractivity contribution in [3.63, 3.8) is 0 Å². The summed E-state index contributed by atoms with van der Waals surface area (Å²) in [5, 5.41) is 4.11. The van der Waals surface area contributed by atoms with Gasteiger partial charge >= 0.3 is 0 Å². The van der Waals surface area contributed by atoms with Gasteiger partial charge in [-0.2, -0.15) is 0 Å². The molecule has 0 unspecified atom stereocenters. The maximum atomic E-state index is 13.0. The largest absolute Gasteiger partial charge is 0.326 e. The summed E-state index contributed by atoms with van der Waals surface area (Å²) in [6.07, 6.45) is 4.19. The highest BCUT2D eigenvalue weighted by Gasteiger charge is 2.51. The summed E-state index contributed by atoms with van der Waals surface area (Å²) in [5.74, 6) is 1.75. The molecule has 0 fully saturated rings. The van der Waals surface area contributed by atoms with Gasteiger partial charge in [0.05, 0.1) is 10.9 Å². The maximum Gasteiger partial charge on any atom is 0.237 e. The lowest BCUT2D eigenvalue weighted by Crippen LogP contribution is -2.35. The fraction of sp³-hybridized carbons (Fsp3) is 0.192. The van der Waals surface area contributed by atoms with Gasteiger partial charge in [-0.3, -0.25) is 4.79 Å². The van der Waals surface area contributed by atoms with Crippen LogP contribution in [0, 0.1) is 0 Å². The molecule has 2 aliphatic heterocycles. The molecule has 150 valence electrons. The molecule has 5 heteroatoms. The fourth-order valence-corrected chi connectivity index (χ4v) is 5.61. The van der Waals surface area contributed by atoms with Gasteiger partial charge < -0.3 is 10.2 Å². The van der Waals surface area contributed by atoms with Crippen molar-refractivity contribution in [2.75, 3.05) is 16.8 Å². The summed E-state index contributed by atoms with van der Waals surface area (Å²) in [6.45, 7) is 0.954. The standard InChI is InChI=1S/C26H20N4O/c31-25-26(20-5-3-10-27-24(20)29-25)14-18-12-17-7-8-23(28-21(17)13-19(18)15-26)30-11-9-16-4-1-2-6-22(16)30/h1-8,10,12-13H,9,11,14-15H2,(H,27,29,31)/t26-/m0/s1. The van der Waals surface area contributed by atoms with Crippen LogP contribution < -0.4 is 10.2 Å². The van der Waals surface area contributed by atoms with Crippen molar-refractivity contribution in [1.29, 1.82) is 0 Å². The molecule has 3 aliphatic rings. The lowest BCUT2D eigenvalue weighted by Gasteiger charge is -2.20. The highest BCUT2D eigenvalue weighted by atomic mass is 16.2. The molecule has 2 aromatic heterocycles. The van der Waals surface area contributed by atoms with Crippen LogP contribution in [0.3, 0.4) is 0 Å². The molecular weight excluding hydrogens is 384 g/mol. The molecule has 0 saturated carbocycles. The van der Waals surface area contributed by atoms with Crippen molar-refractivity contribution in [1.82, 2.24) is 9.97 Å². The zero-order valence-corrected chi connectivity index (χ0v) is 16.9. The van der Waals surface area contributed by atoms with Crippen LogP contribution in [0.1, 0.15) is 22.3 Å². The van der Waals surface area contributed by atoms with Gasteiger partial charge in [-0.15, -0.1) is 0 Å². The lowest BCUT2D eigenvalue weighted by atomic mass is 9.79. The minimum atomic E-state index is -0.542. The molecule has 4 heterocycles. The molecule has 4 aromatic rings. The number of pyridine rings is 2. The van der Waals surface area contributed by atoms with Crippen LogP contribution in [0.15, 0.2) is 66.9 Å². The molecule has 0 saturated heterocycles. The van der Waals surface area contributed by atoms with E-state index in [1.165, 1.54) is 22.4 Å². The molecule has 1 N–H and O–H groups in total. The van der Waals surface area contributed by atoms with Crippen LogP contribution in [0.2, 0.25) is 0 Å². The third kappa shape index (κ3) is 2.29. The molecule has 1 aliphatic carbocycles. The van der Waals surface area contributed by atoms with Crippen molar-refractivity contribution in [3.05, 3.63) is 89.1 Å². The number of anilines is 3. The van der Waals surface area contributed by atoms with Gasteiger partial charge in [0, 0.05) is 29.4 Å². The average Bonchev–Trinajstić information content (AvgIpc) is 3.46. The van der Waals surface area contributed by atoms with Gasteiger partial charge in [-0.25, -0.2) is 9.97 Å². The second-order valence-electron chi connectivity index (χ2n) is 8.80. The summed E-state index contributed by atoms with van der Waals surface area (Å²) in [7, 11) is 0. The van der Waals surface area contributed by atoms with E-state index in [2.05, 4.69) is 63.7 Å². The Morgan fingerprint density at radius 2 is 1.81 bits per heavy atom. The summed E-state index contributed by atoms with van der Waals surface area (Å²) in [4.78, 5) is 24.7. The Morgan fingerprint density at radius 1 is 0.935 bits per heavy atom. The maximum absolute atomic E-state index is 13.0. The predicted molar refractivity (Wildman–Crippen MR) is 121 cm³/mol. The second kappa shape index (κ2) is 5.91. The first-order valence-electron chi connectivity index (χ1n) is 10.8. The van der Waals surface area contributed by atoms with Crippen molar-refractivity contribution < 1.29 is 4.79 Å². The third-order valence-electron chi connectivity index (χ3n) is 7.13. The van der Waals surface area contributed by atoms with E-state index >= 15 is 0 Å². The van der Waals surface area contributed by atoms with Crippen LogP contribution in [-0.4, -0.2) is 22.4 Å². The van der Waals surface area contributed by atoms with E-state index in [0.717, 1.165) is 35.2 Å². The van der Waals surface area contributed by atoms with Crippen LogP contribution in [0.25, 0.3) is 10.9 Å². The molecule has 7 rings (SSSR count). The van der Waals surface area contributed by atoms with E-state index in [-0.39, 0.29) is 5.91 Å². The van der Waals surface area contributed by atoms with Gasteiger partial charge in [0.15, 0.2) is 0 Å². The minimum absolute atomic E-state index is 0.0591. The summed E-state index contributed by atoms with van der Waals surface area (Å²) in [5.41, 5.74) is 6.54. The topological polar surface area (TPSA) is 58.1 Å². The van der Waals surface area contributed by atoms with Gasteiger partial charge in [-0.05, 0) is 72.4 Å². The van der Waals surface area contributed by atoms with E-state index in [1.807, 2.05) is 12.1 Å². The number of aromatic nitrogens is 2. The molecule has 1 spiro atoms. The number of rotatable bonds is 1. The molecule has 2 aromatic carbocycles. The normalized spacial score (nSPS) is 20.8. The Morgan fingerprint density at radius 3 is 2.74 bits per heavy atom. The number of fused-ring (bicyclic) bond motifs is 5. The molecular formula is C26H20N4O. The second-order valence-corrected chi connectivity index (χ2v) is 8.80. The van der Waals surface area contributed by atoms with E-state index in [9.17, 15) is 4.79 Å². The highest BCUT2D eigenvalue weighted by molar-refractivity contribution is 6.06. The van der Waals surface area contributed by atoms with E-state index < -0.39 is 5.41 Å². The monoisotopic (exact) mass is 404 g/mol. The van der Waals surface area contributed by atoms with Gasteiger partial charge in [-0.1, -0.05) is 24.3 Å². The van der Waals surface area contributed by atoms with Crippen molar-refractivity contribution in [2.45, 2.75) is 24.7 Å². The number of nitrogens with zero attached hydrogens (tertiary/aromatic N) is 3. The predicted octanol–water partition coefficient (Wildman–Crippen LogP) is 4.31. The van der Waals surface area contributed by atoms with Crippen molar-refractivity contribution >= 4 is 34.1 Å². The van der Waals surface area contributed by atoms with Crippen LogP contribution in [-0.2, 0) is 29.5 Å². The smallest absolute Gasteiger partial charge is 0.237 e. The summed E-state index contributed by atoms with van der Waals surface area (Å²) in [6, 6.07) is 21.2. The summed E-state index contributed by atoms with van der Waals surface area (Å²) >= 11 is 0. The Kier molecular flexibility index (Phi) is 3.24. The quantitative estimate of drug-likeness (QED) is 0.514. The van der Waals surface area contributed by atoms with E-state index in [0.29, 0.717) is 18.7 Å². The Labute approximate surface area is 179 Å². The third-order valence-corrected chi connectivity index (χ3v) is 7.13. The first-order chi connectivity index (χ1) is 15.2. The molecule has 31 heavy (non-hydrogen) atoms. The molecule has 0 bridgehead atoms. The minimum Gasteiger partial charge on any atom is -0.326 e. The highest BCUT2D eigenvalue weighted by Crippen LogP contribution is 2.47. The van der Waals surface area contributed by atoms with Gasteiger partial charge in [0.2, 0.25) is 5.91 Å². The Hall–Kier alpha value is -3.73. The van der Waals surface area contributed by atoms with Crippen molar-refractivity contribution in [3.8, 4) is 0 Å². The number of nitrogens with one attached hydrogen (secondary N) is 1. The molecule has 1 atom stereocenters. The SMILES string of the molecule is O=C1Nc2ncccc2[C@@]12Cc1cc3ccc(N4CCc5ccccc54)nc3cc1C2. The number of hydrogen-bond donors (Lipinski definition) is 1. The van der Waals surface area contributed by atoms with Crippen LogP contribution in [0.4, 0.5) is 17.3 Å². The number of para-hydroxylation sites is 1. The van der Waals surface area contributed by atoms with E-state index in [1.54, 1.807) is 6.20 Å². The number of benzene rings is 2. The Bertz CT molecular complexity index is 1410. The first kappa shape index (κ1) is 17.0. The molecule has 5 nitrogen and oxygen atoms in total. The van der Waals surface area contributed by atoms with Gasteiger partial charge in [0.25, 0.3) is 0 Å². The lowest BCUT2D eigenvalue weighted by molar-refractivity contribution is -0.120. The number of hydrogen-bond acceptors (Lipinski definition) is 4. The number of carbonyl (C=O) groups excluding carboxylic acids is 1. The zero-order chi connectivity index (χ0) is 20.6. The van der Waals surface area contributed by atoms with Gasteiger partial charge in [0.1, 0.15) is 11.6 Å². The van der Waals surface area contributed by atoms with Crippen LogP contribution in [0.5, 0.6) is 0 Å². The summed E-state index contributed by atoms with van der Waals surface area (Å²) < 4.78 is 0. The Balaban J connectivity index is 1.31. The number of amides is 1. The van der Waals surface area contributed by atoms with E-state index in [4.69, 9.17) is 4.98 Å². The average molecular weight is 404 g/mol. The first-order valence-corrected chi connectivity index (χ1v) is 10.8. The van der Waals surface area contributed by atoms with Crippen LogP contribution >= 0.6 is 0 Å². The van der Waals surface area contributed by atoms with Crippen molar-refractivity contribution in [2.24, 2.45) is 0 Å². The zero-order valence-electron chi connectivity index (χ0n) is 16.9.